The summed E-state index contributed by atoms with van der Waals surface area (Å²) in [5, 5.41) is 7.06. The normalized spacial score (nSPS) is 13.9. The molecule has 3 heterocycles. The zero-order chi connectivity index (χ0) is 20.8. The Balaban J connectivity index is 1.71. The summed E-state index contributed by atoms with van der Waals surface area (Å²) in [4.78, 5) is 16.2. The lowest BCUT2D eigenvalue weighted by Crippen LogP contribution is -2.32. The summed E-state index contributed by atoms with van der Waals surface area (Å²) in [6.07, 6.45) is -0.913. The molecule has 1 N–H and O–H groups in total. The van der Waals surface area contributed by atoms with E-state index < -0.39 is 17.6 Å². The van der Waals surface area contributed by atoms with Crippen LogP contribution in [0.5, 0.6) is 0 Å². The zero-order valence-corrected chi connectivity index (χ0v) is 15.3. The molecule has 2 aromatic heterocycles. The molecule has 9 heteroatoms. The first kappa shape index (κ1) is 19.1. The number of nitrogens with zero attached hydrogens (tertiary/aromatic N) is 3. The Kier molecular flexibility index (Phi) is 4.60. The fourth-order valence-electron chi connectivity index (χ4n) is 3.41. The van der Waals surface area contributed by atoms with E-state index in [1.165, 1.54) is 6.20 Å². The summed E-state index contributed by atoms with van der Waals surface area (Å²) >= 11 is 0. The molecule has 1 aromatic carbocycles. The Hall–Kier alpha value is -3.23. The van der Waals surface area contributed by atoms with Crippen molar-refractivity contribution in [1.29, 1.82) is 0 Å². The van der Waals surface area contributed by atoms with Crippen molar-refractivity contribution in [3.05, 3.63) is 76.1 Å². The van der Waals surface area contributed by atoms with E-state index in [1.807, 2.05) is 6.92 Å². The molecule has 3 aromatic rings. The van der Waals surface area contributed by atoms with Gasteiger partial charge in [0.2, 0.25) is 0 Å². The fraction of sp³-hybridized carbons (Fsp3) is 0.250. The molecule has 0 saturated heterocycles. The number of carbonyl (C=O) groups excluding carboxylic acids is 1. The molecule has 1 aliphatic rings. The minimum atomic E-state index is -4.63. The SMILES string of the molecule is Cc1cnc(Cc2cc(F)cc(C(F)(F)F)c2)cc1-n1ncc2c1CCNC2=O. The van der Waals surface area contributed by atoms with Crippen molar-refractivity contribution in [1.82, 2.24) is 20.1 Å². The van der Waals surface area contributed by atoms with Crippen molar-refractivity contribution < 1.29 is 22.4 Å². The molecular formula is C20H16F4N4O. The molecule has 5 nitrogen and oxygen atoms in total. The van der Waals surface area contributed by atoms with E-state index >= 15 is 0 Å². The Morgan fingerprint density at radius 1 is 1.17 bits per heavy atom. The first-order valence-electron chi connectivity index (χ1n) is 8.90. The van der Waals surface area contributed by atoms with E-state index in [4.69, 9.17) is 0 Å². The van der Waals surface area contributed by atoms with Crippen LogP contribution in [0.4, 0.5) is 17.6 Å². The van der Waals surface area contributed by atoms with E-state index in [0.29, 0.717) is 36.0 Å². The molecule has 29 heavy (non-hydrogen) atoms. The van der Waals surface area contributed by atoms with Crippen molar-refractivity contribution in [2.24, 2.45) is 0 Å². The number of aromatic nitrogens is 3. The second-order valence-electron chi connectivity index (χ2n) is 6.91. The zero-order valence-electron chi connectivity index (χ0n) is 15.3. The molecule has 0 radical (unpaired) electrons. The summed E-state index contributed by atoms with van der Waals surface area (Å²) in [7, 11) is 0. The Labute approximate surface area is 163 Å². The first-order valence-corrected chi connectivity index (χ1v) is 8.90. The third kappa shape index (κ3) is 3.72. The number of benzene rings is 1. The van der Waals surface area contributed by atoms with Gasteiger partial charge in [-0.3, -0.25) is 9.78 Å². The number of pyridine rings is 1. The van der Waals surface area contributed by atoms with Gasteiger partial charge in [-0.05, 0) is 42.3 Å². The Morgan fingerprint density at radius 3 is 2.72 bits per heavy atom. The van der Waals surface area contributed by atoms with Crippen molar-refractivity contribution in [3.8, 4) is 5.69 Å². The molecule has 0 unspecified atom stereocenters. The van der Waals surface area contributed by atoms with Crippen LogP contribution in [0.25, 0.3) is 5.69 Å². The topological polar surface area (TPSA) is 59.8 Å². The van der Waals surface area contributed by atoms with Gasteiger partial charge in [0.05, 0.1) is 28.7 Å². The summed E-state index contributed by atoms with van der Waals surface area (Å²) in [6, 6.07) is 4.16. The third-order valence-electron chi connectivity index (χ3n) is 4.79. The largest absolute Gasteiger partial charge is 0.416 e. The molecule has 4 rings (SSSR count). The molecule has 0 saturated carbocycles. The van der Waals surface area contributed by atoms with Crippen LogP contribution < -0.4 is 5.32 Å². The lowest BCUT2D eigenvalue weighted by atomic mass is 10.0. The number of rotatable bonds is 3. The number of fused-ring (bicyclic) bond motifs is 1. The van der Waals surface area contributed by atoms with Gasteiger partial charge in [-0.15, -0.1) is 0 Å². The van der Waals surface area contributed by atoms with Crippen LogP contribution in [0, 0.1) is 12.7 Å². The minimum Gasteiger partial charge on any atom is -0.352 e. The maximum absolute atomic E-state index is 13.7. The minimum absolute atomic E-state index is 0.0259. The Morgan fingerprint density at radius 2 is 1.97 bits per heavy atom. The second kappa shape index (κ2) is 6.98. The number of aryl methyl sites for hydroxylation is 1. The molecule has 0 fully saturated rings. The molecule has 0 atom stereocenters. The highest BCUT2D eigenvalue weighted by atomic mass is 19.4. The lowest BCUT2D eigenvalue weighted by Gasteiger charge is -2.16. The van der Waals surface area contributed by atoms with Crippen LogP contribution in [-0.4, -0.2) is 27.2 Å². The average molecular weight is 404 g/mol. The van der Waals surface area contributed by atoms with Gasteiger partial charge in [-0.25, -0.2) is 9.07 Å². The maximum atomic E-state index is 13.7. The predicted octanol–water partition coefficient (Wildman–Crippen LogP) is 3.61. The highest BCUT2D eigenvalue weighted by molar-refractivity contribution is 5.96. The molecule has 1 amide bonds. The van der Waals surface area contributed by atoms with Crippen LogP contribution in [0.15, 0.2) is 36.7 Å². The maximum Gasteiger partial charge on any atom is 0.416 e. The van der Waals surface area contributed by atoms with Gasteiger partial charge in [0, 0.05) is 31.3 Å². The van der Waals surface area contributed by atoms with Gasteiger partial charge in [-0.1, -0.05) is 0 Å². The van der Waals surface area contributed by atoms with Gasteiger partial charge in [0.15, 0.2) is 0 Å². The number of hydrogen-bond donors (Lipinski definition) is 1. The van der Waals surface area contributed by atoms with E-state index in [9.17, 15) is 22.4 Å². The summed E-state index contributed by atoms with van der Waals surface area (Å²) in [6.45, 7) is 2.32. The van der Waals surface area contributed by atoms with Gasteiger partial charge >= 0.3 is 6.18 Å². The lowest BCUT2D eigenvalue weighted by molar-refractivity contribution is -0.137. The van der Waals surface area contributed by atoms with Crippen molar-refractivity contribution in [3.63, 3.8) is 0 Å². The fourth-order valence-corrected chi connectivity index (χ4v) is 3.41. The van der Waals surface area contributed by atoms with Gasteiger partial charge < -0.3 is 5.32 Å². The molecule has 0 bridgehead atoms. The smallest absolute Gasteiger partial charge is 0.352 e. The van der Waals surface area contributed by atoms with Crippen LogP contribution in [0.3, 0.4) is 0 Å². The van der Waals surface area contributed by atoms with Crippen molar-refractivity contribution in [2.75, 3.05) is 6.54 Å². The van der Waals surface area contributed by atoms with Gasteiger partial charge in [-0.2, -0.15) is 18.3 Å². The monoisotopic (exact) mass is 404 g/mol. The first-order chi connectivity index (χ1) is 13.7. The van der Waals surface area contributed by atoms with Crippen molar-refractivity contribution in [2.45, 2.75) is 25.9 Å². The van der Waals surface area contributed by atoms with Crippen LogP contribution in [0.2, 0.25) is 0 Å². The number of amides is 1. The summed E-state index contributed by atoms with van der Waals surface area (Å²) < 4.78 is 54.2. The van der Waals surface area contributed by atoms with Gasteiger partial charge in [0.1, 0.15) is 5.82 Å². The number of nitrogens with one attached hydrogen (secondary N) is 1. The molecule has 1 aliphatic heterocycles. The molecule has 0 spiro atoms. The summed E-state index contributed by atoms with van der Waals surface area (Å²) in [5.74, 6) is -1.14. The second-order valence-corrected chi connectivity index (χ2v) is 6.91. The third-order valence-corrected chi connectivity index (χ3v) is 4.79. The highest BCUT2D eigenvalue weighted by Crippen LogP contribution is 2.31. The van der Waals surface area contributed by atoms with Crippen LogP contribution in [-0.2, 0) is 19.0 Å². The average Bonchev–Trinajstić information content (AvgIpc) is 3.07. The van der Waals surface area contributed by atoms with Crippen molar-refractivity contribution >= 4 is 5.91 Å². The van der Waals surface area contributed by atoms with Crippen LogP contribution >= 0.6 is 0 Å². The Bertz CT molecular complexity index is 1100. The summed E-state index contributed by atoms with van der Waals surface area (Å²) in [5.41, 5.74) is 2.33. The molecule has 0 aliphatic carbocycles. The number of halogens is 4. The van der Waals surface area contributed by atoms with E-state index in [1.54, 1.807) is 16.9 Å². The molecular weight excluding hydrogens is 388 g/mol. The number of alkyl halides is 3. The van der Waals surface area contributed by atoms with Gasteiger partial charge in [0.25, 0.3) is 5.91 Å². The quantitative estimate of drug-likeness (QED) is 0.679. The number of carbonyl (C=O) groups is 1. The highest BCUT2D eigenvalue weighted by Gasteiger charge is 2.31. The standard InChI is InChI=1S/C20H16F4N4O/c1-11-9-26-15(6-12-4-13(20(22,23)24)7-14(21)5-12)8-18(11)28-17-2-3-25-19(29)16(17)10-27-28/h4-5,7-10H,2-3,6H2,1H3,(H,25,29). The predicted molar refractivity (Wildman–Crippen MR) is 96.3 cm³/mol. The number of hydrogen-bond acceptors (Lipinski definition) is 3. The van der Waals surface area contributed by atoms with E-state index in [0.717, 1.165) is 23.4 Å². The van der Waals surface area contributed by atoms with Crippen LogP contribution in [0.1, 0.15) is 38.4 Å². The molecule has 150 valence electrons. The van der Waals surface area contributed by atoms with E-state index in [2.05, 4.69) is 15.4 Å². The van der Waals surface area contributed by atoms with E-state index in [-0.39, 0.29) is 17.9 Å².